The van der Waals surface area contributed by atoms with Crippen LogP contribution in [-0.2, 0) is 22.4 Å². The van der Waals surface area contributed by atoms with Gasteiger partial charge in [0.25, 0.3) is 0 Å². The predicted molar refractivity (Wildman–Crippen MR) is 106 cm³/mol. The van der Waals surface area contributed by atoms with Gasteiger partial charge < -0.3 is 15.4 Å². The highest BCUT2D eigenvalue weighted by Crippen LogP contribution is 2.46. The number of benzene rings is 2. The summed E-state index contributed by atoms with van der Waals surface area (Å²) in [6.45, 7) is 2.56. The maximum atomic E-state index is 12.6. The maximum absolute atomic E-state index is 12.6. The fourth-order valence-electron chi connectivity index (χ4n) is 3.15. The van der Waals surface area contributed by atoms with Gasteiger partial charge in [-0.05, 0) is 55.0 Å². The van der Waals surface area contributed by atoms with Crippen molar-refractivity contribution in [3.05, 3.63) is 59.7 Å². The molecule has 0 aromatic heterocycles. The van der Waals surface area contributed by atoms with E-state index in [9.17, 15) is 9.59 Å². The molecule has 0 saturated heterocycles. The number of methoxy groups -OCH3 is 1. The van der Waals surface area contributed by atoms with Crippen LogP contribution in [-0.4, -0.2) is 25.5 Å². The van der Waals surface area contributed by atoms with E-state index >= 15 is 0 Å². The highest BCUT2D eigenvalue weighted by molar-refractivity contribution is 6.13. The number of anilines is 1. The third-order valence-electron chi connectivity index (χ3n) is 5.11. The van der Waals surface area contributed by atoms with Crippen molar-refractivity contribution in [1.29, 1.82) is 0 Å². The Morgan fingerprint density at radius 1 is 1.04 bits per heavy atom. The normalized spacial score (nSPS) is 14.3. The van der Waals surface area contributed by atoms with Gasteiger partial charge in [0.1, 0.15) is 11.2 Å². The van der Waals surface area contributed by atoms with E-state index in [1.807, 2.05) is 48.5 Å². The van der Waals surface area contributed by atoms with Crippen LogP contribution in [0.25, 0.3) is 0 Å². The first-order valence-electron chi connectivity index (χ1n) is 9.39. The molecule has 1 fully saturated rings. The molecule has 5 nitrogen and oxygen atoms in total. The van der Waals surface area contributed by atoms with Crippen molar-refractivity contribution in [2.24, 2.45) is 5.41 Å². The Morgan fingerprint density at radius 2 is 1.74 bits per heavy atom. The Hall–Kier alpha value is -2.82. The molecule has 2 aromatic carbocycles. The molecule has 0 spiro atoms. The van der Waals surface area contributed by atoms with Crippen LogP contribution in [0.2, 0.25) is 0 Å². The summed E-state index contributed by atoms with van der Waals surface area (Å²) in [6.07, 6.45) is 2.79. The largest absolute Gasteiger partial charge is 0.496 e. The summed E-state index contributed by atoms with van der Waals surface area (Å²) in [4.78, 5) is 25.2. The third-order valence-corrected chi connectivity index (χ3v) is 5.11. The van der Waals surface area contributed by atoms with Crippen LogP contribution >= 0.6 is 0 Å². The van der Waals surface area contributed by atoms with Gasteiger partial charge in [-0.25, -0.2) is 0 Å². The molecule has 1 aliphatic carbocycles. The minimum atomic E-state index is -0.926. The van der Waals surface area contributed by atoms with Gasteiger partial charge in [-0.2, -0.15) is 0 Å². The lowest BCUT2D eigenvalue weighted by atomic mass is 10.0. The standard InChI is InChI=1S/C22H26N2O3/c1-3-16-8-10-18(11-9-16)24-21(26)22(13-14-22)20(25)23-15-12-17-6-4-5-7-19(17)27-2/h4-11H,3,12-15H2,1-2H3,(H,23,25)(H,24,26). The number of amides is 2. The van der Waals surface area contributed by atoms with E-state index in [-0.39, 0.29) is 11.8 Å². The van der Waals surface area contributed by atoms with Crippen LogP contribution in [0.5, 0.6) is 5.75 Å². The van der Waals surface area contributed by atoms with Crippen molar-refractivity contribution in [1.82, 2.24) is 5.32 Å². The van der Waals surface area contributed by atoms with Crippen LogP contribution in [0, 0.1) is 5.41 Å². The SMILES string of the molecule is CCc1ccc(NC(=O)C2(C(=O)NCCc3ccccc3OC)CC2)cc1. The Labute approximate surface area is 160 Å². The molecule has 3 rings (SSSR count). The van der Waals surface area contributed by atoms with Gasteiger partial charge in [0, 0.05) is 12.2 Å². The van der Waals surface area contributed by atoms with Crippen LogP contribution in [0.15, 0.2) is 48.5 Å². The average Bonchev–Trinajstić information content (AvgIpc) is 3.51. The number of rotatable bonds is 8. The van der Waals surface area contributed by atoms with Gasteiger partial charge in [0.2, 0.25) is 11.8 Å². The van der Waals surface area contributed by atoms with E-state index < -0.39 is 5.41 Å². The average molecular weight is 366 g/mol. The summed E-state index contributed by atoms with van der Waals surface area (Å²) >= 11 is 0. The van der Waals surface area contributed by atoms with Gasteiger partial charge in [0.15, 0.2) is 0 Å². The van der Waals surface area contributed by atoms with Gasteiger partial charge in [0.05, 0.1) is 7.11 Å². The van der Waals surface area contributed by atoms with E-state index in [1.54, 1.807) is 7.11 Å². The Bertz CT molecular complexity index is 811. The molecular formula is C22H26N2O3. The van der Waals surface area contributed by atoms with Gasteiger partial charge in [-0.3, -0.25) is 9.59 Å². The Balaban J connectivity index is 1.54. The number of ether oxygens (including phenoxy) is 1. The molecule has 0 aliphatic heterocycles. The van der Waals surface area contributed by atoms with Crippen molar-refractivity contribution in [3.63, 3.8) is 0 Å². The molecule has 142 valence electrons. The Kier molecular flexibility index (Phi) is 5.79. The fraction of sp³-hybridized carbons (Fsp3) is 0.364. The molecule has 1 saturated carbocycles. The smallest absolute Gasteiger partial charge is 0.240 e. The van der Waals surface area contributed by atoms with Crippen LogP contribution in [0.4, 0.5) is 5.69 Å². The molecule has 5 heteroatoms. The zero-order valence-electron chi connectivity index (χ0n) is 15.9. The number of hydrogen-bond donors (Lipinski definition) is 2. The second kappa shape index (κ2) is 8.25. The first kappa shape index (κ1) is 19.0. The summed E-state index contributed by atoms with van der Waals surface area (Å²) in [5.41, 5.74) is 2.05. The number of nitrogens with one attached hydrogen (secondary N) is 2. The third kappa shape index (κ3) is 4.30. The number of para-hydroxylation sites is 1. The van der Waals surface area contributed by atoms with Gasteiger partial charge >= 0.3 is 0 Å². The lowest BCUT2D eigenvalue weighted by molar-refractivity contribution is -0.134. The van der Waals surface area contributed by atoms with Crippen LogP contribution in [0.1, 0.15) is 30.9 Å². The van der Waals surface area contributed by atoms with Crippen molar-refractivity contribution in [2.45, 2.75) is 32.6 Å². The summed E-state index contributed by atoms with van der Waals surface area (Å²) in [5, 5.41) is 5.80. The van der Waals surface area contributed by atoms with E-state index in [0.717, 1.165) is 23.4 Å². The molecule has 0 atom stereocenters. The van der Waals surface area contributed by atoms with E-state index in [2.05, 4.69) is 17.6 Å². The van der Waals surface area contributed by atoms with Gasteiger partial charge in [-0.1, -0.05) is 37.3 Å². The first-order valence-corrected chi connectivity index (χ1v) is 9.39. The van der Waals surface area contributed by atoms with Crippen molar-refractivity contribution < 1.29 is 14.3 Å². The molecule has 2 N–H and O–H groups in total. The molecule has 2 amide bonds. The molecular weight excluding hydrogens is 340 g/mol. The Morgan fingerprint density at radius 3 is 2.37 bits per heavy atom. The van der Waals surface area contributed by atoms with E-state index in [0.29, 0.717) is 25.8 Å². The fourth-order valence-corrected chi connectivity index (χ4v) is 3.15. The monoisotopic (exact) mass is 366 g/mol. The molecule has 0 bridgehead atoms. The summed E-state index contributed by atoms with van der Waals surface area (Å²) in [7, 11) is 1.63. The minimum Gasteiger partial charge on any atom is -0.496 e. The molecule has 0 unspecified atom stereocenters. The highest BCUT2D eigenvalue weighted by Gasteiger charge is 2.56. The van der Waals surface area contributed by atoms with Crippen molar-refractivity contribution >= 4 is 17.5 Å². The number of carbonyl (C=O) groups excluding carboxylic acids is 2. The topological polar surface area (TPSA) is 67.4 Å². The molecule has 0 heterocycles. The van der Waals surface area contributed by atoms with E-state index in [1.165, 1.54) is 5.56 Å². The highest BCUT2D eigenvalue weighted by atomic mass is 16.5. The van der Waals surface area contributed by atoms with Crippen molar-refractivity contribution in [3.8, 4) is 5.75 Å². The second-order valence-corrected chi connectivity index (χ2v) is 6.90. The number of hydrogen-bond acceptors (Lipinski definition) is 3. The summed E-state index contributed by atoms with van der Waals surface area (Å²) < 4.78 is 5.33. The van der Waals surface area contributed by atoms with Gasteiger partial charge in [-0.15, -0.1) is 0 Å². The zero-order valence-corrected chi connectivity index (χ0v) is 15.9. The predicted octanol–water partition coefficient (Wildman–Crippen LogP) is 3.34. The summed E-state index contributed by atoms with van der Waals surface area (Å²) in [5.74, 6) is 0.391. The first-order chi connectivity index (χ1) is 13.1. The maximum Gasteiger partial charge on any atom is 0.240 e. The molecule has 2 aromatic rings. The minimum absolute atomic E-state index is 0.194. The number of aryl methyl sites for hydroxylation is 1. The lowest BCUT2D eigenvalue weighted by Gasteiger charge is -2.16. The molecule has 0 radical (unpaired) electrons. The zero-order chi connectivity index (χ0) is 19.3. The molecule has 1 aliphatic rings. The summed E-state index contributed by atoms with van der Waals surface area (Å²) in [6, 6.07) is 15.5. The lowest BCUT2D eigenvalue weighted by Crippen LogP contribution is -2.40. The van der Waals surface area contributed by atoms with Crippen LogP contribution < -0.4 is 15.4 Å². The second-order valence-electron chi connectivity index (χ2n) is 6.90. The van der Waals surface area contributed by atoms with Crippen molar-refractivity contribution in [2.75, 3.05) is 19.0 Å². The van der Waals surface area contributed by atoms with Crippen LogP contribution in [0.3, 0.4) is 0 Å². The quantitative estimate of drug-likeness (QED) is 0.704. The van der Waals surface area contributed by atoms with E-state index in [4.69, 9.17) is 4.74 Å². The number of carbonyl (C=O) groups is 2. The molecule has 27 heavy (non-hydrogen) atoms.